The molecule has 0 bridgehead atoms. The minimum absolute atomic E-state index is 0.0557. The smallest absolute Gasteiger partial charge is 0.352 e. The zero-order valence-corrected chi connectivity index (χ0v) is 10.0. The zero-order chi connectivity index (χ0) is 13.6. The summed E-state index contributed by atoms with van der Waals surface area (Å²) < 4.78 is 0. The van der Waals surface area contributed by atoms with Crippen molar-refractivity contribution in [2.45, 2.75) is 31.5 Å². The van der Waals surface area contributed by atoms with Crippen molar-refractivity contribution in [2.75, 3.05) is 6.54 Å². The van der Waals surface area contributed by atoms with Crippen LogP contribution in [0, 0.1) is 5.92 Å². The summed E-state index contributed by atoms with van der Waals surface area (Å²) in [6.07, 6.45) is -0.413. The van der Waals surface area contributed by atoms with Gasteiger partial charge in [-0.25, -0.2) is 4.79 Å². The second-order valence-corrected chi connectivity index (χ2v) is 4.77. The molecule has 100 valence electrons. The molecule has 4 atom stereocenters. The van der Waals surface area contributed by atoms with Crippen molar-refractivity contribution in [2.24, 2.45) is 17.4 Å². The summed E-state index contributed by atoms with van der Waals surface area (Å²) in [5, 5.41) is 18.7. The maximum atomic E-state index is 11.9. The number of carbonyl (C=O) groups excluding carboxylic acids is 1. The largest absolute Gasteiger partial charge is 0.477 e. The van der Waals surface area contributed by atoms with Gasteiger partial charge in [-0.1, -0.05) is 0 Å². The molecule has 0 unspecified atom stereocenters. The number of nitrogens with zero attached hydrogens (tertiary/aromatic N) is 1. The van der Waals surface area contributed by atoms with E-state index in [1.807, 2.05) is 0 Å². The molecule has 0 aromatic carbocycles. The molecule has 18 heavy (non-hydrogen) atoms. The van der Waals surface area contributed by atoms with Gasteiger partial charge in [-0.2, -0.15) is 0 Å². The number of nitrogens with two attached hydrogens (primary N) is 2. The normalized spacial score (nSPS) is 30.0. The molecule has 0 aliphatic carbocycles. The number of rotatable bonds is 4. The first-order valence-corrected chi connectivity index (χ1v) is 5.83. The lowest BCUT2D eigenvalue weighted by molar-refractivity contribution is -0.161. The summed E-state index contributed by atoms with van der Waals surface area (Å²) in [6, 6.07) is -0.861. The molecule has 0 spiro atoms. The monoisotopic (exact) mass is 255 g/mol. The lowest BCUT2D eigenvalue weighted by Gasteiger charge is -2.44. The summed E-state index contributed by atoms with van der Waals surface area (Å²) in [4.78, 5) is 24.3. The third kappa shape index (κ3) is 1.63. The highest BCUT2D eigenvalue weighted by atomic mass is 16.4. The fourth-order valence-electron chi connectivity index (χ4n) is 2.78. The summed E-state index contributed by atoms with van der Waals surface area (Å²) in [6.45, 7) is 1.65. The first-order valence-electron chi connectivity index (χ1n) is 5.83. The van der Waals surface area contributed by atoms with E-state index in [9.17, 15) is 19.8 Å². The van der Waals surface area contributed by atoms with E-state index in [2.05, 4.69) is 0 Å². The quantitative estimate of drug-likeness (QED) is 0.439. The van der Waals surface area contributed by atoms with Crippen LogP contribution >= 0.6 is 0 Å². The van der Waals surface area contributed by atoms with Gasteiger partial charge in [-0.3, -0.25) is 4.79 Å². The lowest BCUT2D eigenvalue weighted by Crippen LogP contribution is -2.61. The van der Waals surface area contributed by atoms with Gasteiger partial charge in [0.2, 0.25) is 5.91 Å². The van der Waals surface area contributed by atoms with Gasteiger partial charge in [0.1, 0.15) is 5.70 Å². The molecule has 7 heteroatoms. The van der Waals surface area contributed by atoms with Crippen LogP contribution in [0.5, 0.6) is 0 Å². The molecular formula is C11H17N3O4. The highest BCUT2D eigenvalue weighted by Gasteiger charge is 2.57. The number of β-lactam (4-membered cyclic amide) rings is 1. The van der Waals surface area contributed by atoms with Gasteiger partial charge >= 0.3 is 5.97 Å². The Kier molecular flexibility index (Phi) is 3.14. The van der Waals surface area contributed by atoms with E-state index >= 15 is 0 Å². The van der Waals surface area contributed by atoms with Crippen molar-refractivity contribution >= 4 is 11.9 Å². The maximum absolute atomic E-state index is 11.9. The number of carboxylic acids is 1. The van der Waals surface area contributed by atoms with Gasteiger partial charge in [0.25, 0.3) is 0 Å². The van der Waals surface area contributed by atoms with Crippen LogP contribution in [0.25, 0.3) is 0 Å². The predicted octanol–water partition coefficient (Wildman–Crippen LogP) is -1.78. The Balaban J connectivity index is 2.33. The SMILES string of the molecule is C[C@@H](O)[C@H]1C(=O)N2C(C(=O)O)=C([C@H](N)CN)C[C@H]12. The van der Waals surface area contributed by atoms with Crippen LogP contribution < -0.4 is 11.5 Å². The number of fused-ring (bicyclic) bond motifs is 1. The van der Waals surface area contributed by atoms with Crippen LogP contribution in [0.4, 0.5) is 0 Å². The van der Waals surface area contributed by atoms with E-state index < -0.39 is 24.0 Å². The van der Waals surface area contributed by atoms with Crippen LogP contribution in [0.1, 0.15) is 13.3 Å². The Morgan fingerprint density at radius 1 is 1.61 bits per heavy atom. The Morgan fingerprint density at radius 3 is 2.67 bits per heavy atom. The lowest BCUT2D eigenvalue weighted by atomic mass is 9.82. The molecule has 2 heterocycles. The van der Waals surface area contributed by atoms with E-state index in [0.717, 1.165) is 0 Å². The average Bonchev–Trinajstić information content (AvgIpc) is 2.62. The topological polar surface area (TPSA) is 130 Å². The van der Waals surface area contributed by atoms with Gasteiger partial charge in [0.15, 0.2) is 0 Å². The highest BCUT2D eigenvalue weighted by molar-refractivity contribution is 5.99. The Hall–Kier alpha value is -1.44. The van der Waals surface area contributed by atoms with E-state index in [4.69, 9.17) is 11.5 Å². The number of hydrogen-bond donors (Lipinski definition) is 4. The van der Waals surface area contributed by atoms with Crippen LogP contribution in [0.2, 0.25) is 0 Å². The summed E-state index contributed by atoms with van der Waals surface area (Å²) >= 11 is 0. The Labute approximate surface area is 104 Å². The van der Waals surface area contributed by atoms with Crippen molar-refractivity contribution < 1.29 is 19.8 Å². The van der Waals surface area contributed by atoms with Crippen molar-refractivity contribution in [3.8, 4) is 0 Å². The van der Waals surface area contributed by atoms with Crippen molar-refractivity contribution in [3.63, 3.8) is 0 Å². The van der Waals surface area contributed by atoms with Crippen molar-refractivity contribution in [1.29, 1.82) is 0 Å². The molecule has 1 amide bonds. The van der Waals surface area contributed by atoms with Gasteiger partial charge < -0.3 is 26.6 Å². The molecule has 0 saturated carbocycles. The minimum Gasteiger partial charge on any atom is -0.477 e. The maximum Gasteiger partial charge on any atom is 0.352 e. The number of carboxylic acid groups (broad SMARTS) is 1. The number of aliphatic carboxylic acids is 1. The third-order valence-electron chi connectivity index (χ3n) is 3.67. The summed E-state index contributed by atoms with van der Waals surface area (Å²) in [7, 11) is 0. The fourth-order valence-corrected chi connectivity index (χ4v) is 2.78. The number of hydrogen-bond acceptors (Lipinski definition) is 5. The van der Waals surface area contributed by atoms with E-state index in [-0.39, 0.29) is 24.2 Å². The van der Waals surface area contributed by atoms with Crippen molar-refractivity contribution in [1.82, 2.24) is 4.90 Å². The number of amides is 1. The molecule has 6 N–H and O–H groups in total. The Morgan fingerprint density at radius 2 is 2.22 bits per heavy atom. The van der Waals surface area contributed by atoms with Crippen LogP contribution in [-0.4, -0.2) is 51.7 Å². The fraction of sp³-hybridized carbons (Fsp3) is 0.636. The molecule has 7 nitrogen and oxygen atoms in total. The number of aliphatic hydroxyl groups is 1. The molecule has 0 radical (unpaired) electrons. The molecule has 0 aromatic rings. The van der Waals surface area contributed by atoms with Gasteiger partial charge in [0, 0.05) is 12.6 Å². The molecule has 1 saturated heterocycles. The summed E-state index contributed by atoms with van der Waals surface area (Å²) in [5.41, 5.74) is 11.7. The Bertz CT molecular complexity index is 432. The van der Waals surface area contributed by atoms with Gasteiger partial charge in [-0.15, -0.1) is 0 Å². The molecule has 2 aliphatic rings. The standard InChI is InChI=1S/C11H17N3O4/c1-4(15)8-7-2-5(6(13)3-12)9(11(17)18)14(7)10(8)16/h4,6-8,15H,2-3,12-13H2,1H3,(H,17,18)/t4-,6-,7-,8-/m1/s1. The third-order valence-corrected chi connectivity index (χ3v) is 3.67. The van der Waals surface area contributed by atoms with Crippen LogP contribution in [0.15, 0.2) is 11.3 Å². The molecule has 0 aromatic heterocycles. The number of carbonyl (C=O) groups is 2. The molecule has 2 rings (SSSR count). The first kappa shape index (κ1) is 13.0. The zero-order valence-electron chi connectivity index (χ0n) is 10.0. The van der Waals surface area contributed by atoms with Crippen LogP contribution in [0.3, 0.4) is 0 Å². The van der Waals surface area contributed by atoms with E-state index in [1.54, 1.807) is 0 Å². The molecule has 2 aliphatic heterocycles. The second-order valence-electron chi connectivity index (χ2n) is 4.77. The van der Waals surface area contributed by atoms with E-state index in [1.165, 1.54) is 11.8 Å². The van der Waals surface area contributed by atoms with Gasteiger partial charge in [0.05, 0.1) is 18.1 Å². The van der Waals surface area contributed by atoms with E-state index in [0.29, 0.717) is 12.0 Å². The van der Waals surface area contributed by atoms with Gasteiger partial charge in [-0.05, 0) is 18.9 Å². The summed E-state index contributed by atoms with van der Waals surface area (Å²) in [5.74, 6) is -2.07. The predicted molar refractivity (Wildman–Crippen MR) is 62.1 cm³/mol. The highest BCUT2D eigenvalue weighted by Crippen LogP contribution is 2.44. The number of aliphatic hydroxyl groups excluding tert-OH is 1. The second kappa shape index (κ2) is 4.34. The molecular weight excluding hydrogens is 238 g/mol. The van der Waals surface area contributed by atoms with Crippen molar-refractivity contribution in [3.05, 3.63) is 11.3 Å². The van der Waals surface area contributed by atoms with Crippen LogP contribution in [-0.2, 0) is 9.59 Å². The average molecular weight is 255 g/mol. The minimum atomic E-state index is -1.17. The molecule has 1 fully saturated rings. The first-order chi connectivity index (χ1) is 8.40.